The van der Waals surface area contributed by atoms with E-state index in [0.29, 0.717) is 12.3 Å². The molecular formula is C14H20N2O2. The number of hydrogen-bond acceptors (Lipinski definition) is 3. The second-order valence-electron chi connectivity index (χ2n) is 4.73. The summed E-state index contributed by atoms with van der Waals surface area (Å²) < 4.78 is 5.48. The summed E-state index contributed by atoms with van der Waals surface area (Å²) in [7, 11) is 0. The van der Waals surface area contributed by atoms with Gasteiger partial charge in [-0.1, -0.05) is 12.1 Å². The van der Waals surface area contributed by atoms with E-state index in [1.807, 2.05) is 32.0 Å². The molecule has 0 atom stereocenters. The van der Waals surface area contributed by atoms with Crippen LogP contribution in [-0.2, 0) is 0 Å². The molecule has 1 aliphatic heterocycles. The van der Waals surface area contributed by atoms with Gasteiger partial charge in [-0.05, 0) is 44.0 Å². The minimum atomic E-state index is -0.243. The maximum atomic E-state index is 12.1. The number of carbonyl (C=O) groups is 1. The largest absolute Gasteiger partial charge is 0.415 e. The van der Waals surface area contributed by atoms with Crippen molar-refractivity contribution in [1.82, 2.24) is 10.2 Å². The third-order valence-electron chi connectivity index (χ3n) is 3.14. The Balaban J connectivity index is 2.03. The standard InChI is InChI=1S/C14H20N2O2/c1-11-4-5-12(2)13(10-11)18-14(17)16-8-3-6-15-7-9-16/h4-5,10,15H,3,6-9H2,1-2H3. The van der Waals surface area contributed by atoms with E-state index >= 15 is 0 Å². The summed E-state index contributed by atoms with van der Waals surface area (Å²) in [5.74, 6) is 0.664. The Bertz CT molecular complexity index is 424. The monoisotopic (exact) mass is 248 g/mol. The van der Waals surface area contributed by atoms with Gasteiger partial charge in [0.05, 0.1) is 0 Å². The highest BCUT2D eigenvalue weighted by Crippen LogP contribution is 2.20. The van der Waals surface area contributed by atoms with Gasteiger partial charge in [0, 0.05) is 19.6 Å². The van der Waals surface area contributed by atoms with Crippen LogP contribution in [0.15, 0.2) is 18.2 Å². The van der Waals surface area contributed by atoms with Crippen molar-refractivity contribution in [2.24, 2.45) is 0 Å². The highest BCUT2D eigenvalue weighted by atomic mass is 16.6. The fraction of sp³-hybridized carbons (Fsp3) is 0.500. The molecule has 1 aromatic rings. The average molecular weight is 248 g/mol. The zero-order valence-corrected chi connectivity index (χ0v) is 11.0. The van der Waals surface area contributed by atoms with Crippen LogP contribution in [0.25, 0.3) is 0 Å². The van der Waals surface area contributed by atoms with Crippen LogP contribution in [-0.4, -0.2) is 37.2 Å². The lowest BCUT2D eigenvalue weighted by Gasteiger charge is -2.19. The van der Waals surface area contributed by atoms with Crippen LogP contribution in [0.3, 0.4) is 0 Å². The Morgan fingerprint density at radius 2 is 2.11 bits per heavy atom. The number of aryl methyl sites for hydroxylation is 2. The van der Waals surface area contributed by atoms with E-state index in [9.17, 15) is 4.79 Å². The van der Waals surface area contributed by atoms with Gasteiger partial charge in [0.1, 0.15) is 5.75 Å². The molecule has 0 radical (unpaired) electrons. The first kappa shape index (κ1) is 12.9. The summed E-state index contributed by atoms with van der Waals surface area (Å²) in [5, 5.41) is 3.27. The Morgan fingerprint density at radius 3 is 2.94 bits per heavy atom. The fourth-order valence-corrected chi connectivity index (χ4v) is 2.00. The molecule has 18 heavy (non-hydrogen) atoms. The van der Waals surface area contributed by atoms with Crippen molar-refractivity contribution in [3.05, 3.63) is 29.3 Å². The molecule has 0 aliphatic carbocycles. The maximum Gasteiger partial charge on any atom is 0.415 e. The van der Waals surface area contributed by atoms with Gasteiger partial charge >= 0.3 is 6.09 Å². The molecule has 98 valence electrons. The van der Waals surface area contributed by atoms with Crippen LogP contribution in [0.4, 0.5) is 4.79 Å². The predicted octanol–water partition coefficient (Wildman–Crippen LogP) is 2.10. The van der Waals surface area contributed by atoms with Gasteiger partial charge in [-0.2, -0.15) is 0 Å². The van der Waals surface area contributed by atoms with Gasteiger partial charge in [-0.15, -0.1) is 0 Å². The lowest BCUT2D eigenvalue weighted by Crippen LogP contribution is -2.36. The van der Waals surface area contributed by atoms with Gasteiger partial charge in [-0.3, -0.25) is 0 Å². The van der Waals surface area contributed by atoms with Crippen molar-refractivity contribution in [1.29, 1.82) is 0 Å². The SMILES string of the molecule is Cc1ccc(C)c(OC(=O)N2CCCNCC2)c1. The summed E-state index contributed by atoms with van der Waals surface area (Å²) in [4.78, 5) is 13.8. The van der Waals surface area contributed by atoms with Crippen molar-refractivity contribution in [3.63, 3.8) is 0 Å². The molecule has 1 amide bonds. The minimum Gasteiger partial charge on any atom is -0.410 e. The summed E-state index contributed by atoms with van der Waals surface area (Å²) in [6.45, 7) is 7.22. The van der Waals surface area contributed by atoms with E-state index in [1.165, 1.54) is 0 Å². The molecular weight excluding hydrogens is 228 g/mol. The van der Waals surface area contributed by atoms with Gasteiger partial charge in [0.25, 0.3) is 0 Å². The van der Waals surface area contributed by atoms with E-state index < -0.39 is 0 Å². The second-order valence-corrected chi connectivity index (χ2v) is 4.73. The molecule has 0 aromatic heterocycles. The molecule has 2 rings (SSSR count). The molecule has 0 spiro atoms. The van der Waals surface area contributed by atoms with Gasteiger partial charge < -0.3 is 15.0 Å². The molecule has 1 heterocycles. The van der Waals surface area contributed by atoms with E-state index in [4.69, 9.17) is 4.74 Å². The number of nitrogens with zero attached hydrogens (tertiary/aromatic N) is 1. The molecule has 1 N–H and O–H groups in total. The predicted molar refractivity (Wildman–Crippen MR) is 71.0 cm³/mol. The van der Waals surface area contributed by atoms with Gasteiger partial charge in [0.2, 0.25) is 0 Å². The highest BCUT2D eigenvalue weighted by molar-refractivity contribution is 5.71. The minimum absolute atomic E-state index is 0.243. The molecule has 0 bridgehead atoms. The van der Waals surface area contributed by atoms with Crippen molar-refractivity contribution < 1.29 is 9.53 Å². The summed E-state index contributed by atoms with van der Waals surface area (Å²) in [6.07, 6.45) is 0.731. The Hall–Kier alpha value is -1.55. The topological polar surface area (TPSA) is 41.6 Å². The van der Waals surface area contributed by atoms with E-state index in [1.54, 1.807) is 4.90 Å². The number of hydrogen-bond donors (Lipinski definition) is 1. The normalized spacial score (nSPS) is 16.2. The van der Waals surface area contributed by atoms with Crippen LogP contribution in [0, 0.1) is 13.8 Å². The third-order valence-corrected chi connectivity index (χ3v) is 3.14. The molecule has 1 fully saturated rings. The Labute approximate surface area is 108 Å². The lowest BCUT2D eigenvalue weighted by atomic mass is 10.1. The second kappa shape index (κ2) is 5.87. The van der Waals surface area contributed by atoms with Crippen molar-refractivity contribution in [2.45, 2.75) is 20.3 Å². The zero-order valence-electron chi connectivity index (χ0n) is 11.0. The average Bonchev–Trinajstić information content (AvgIpc) is 2.62. The summed E-state index contributed by atoms with van der Waals surface area (Å²) in [6, 6.07) is 5.90. The lowest BCUT2D eigenvalue weighted by molar-refractivity contribution is 0.155. The first-order chi connectivity index (χ1) is 8.66. The van der Waals surface area contributed by atoms with Gasteiger partial charge in [-0.25, -0.2) is 4.79 Å². The number of benzene rings is 1. The molecule has 0 unspecified atom stereocenters. The number of rotatable bonds is 1. The fourth-order valence-electron chi connectivity index (χ4n) is 2.00. The number of carbonyl (C=O) groups excluding carboxylic acids is 1. The summed E-state index contributed by atoms with van der Waals surface area (Å²) in [5.41, 5.74) is 2.09. The third kappa shape index (κ3) is 3.23. The first-order valence-electron chi connectivity index (χ1n) is 6.41. The molecule has 4 heteroatoms. The number of nitrogens with one attached hydrogen (secondary N) is 1. The molecule has 1 aromatic carbocycles. The van der Waals surface area contributed by atoms with Crippen LogP contribution in [0.2, 0.25) is 0 Å². The van der Waals surface area contributed by atoms with E-state index in [0.717, 1.165) is 37.2 Å². The molecule has 4 nitrogen and oxygen atoms in total. The van der Waals surface area contributed by atoms with Crippen LogP contribution < -0.4 is 10.1 Å². The molecule has 0 saturated carbocycles. The molecule has 1 saturated heterocycles. The van der Waals surface area contributed by atoms with Crippen LogP contribution >= 0.6 is 0 Å². The van der Waals surface area contributed by atoms with E-state index in [2.05, 4.69) is 5.32 Å². The van der Waals surface area contributed by atoms with Crippen molar-refractivity contribution >= 4 is 6.09 Å². The van der Waals surface area contributed by atoms with Crippen LogP contribution in [0.1, 0.15) is 17.5 Å². The summed E-state index contributed by atoms with van der Waals surface area (Å²) >= 11 is 0. The maximum absolute atomic E-state index is 12.1. The van der Waals surface area contributed by atoms with Crippen molar-refractivity contribution in [3.8, 4) is 5.75 Å². The quantitative estimate of drug-likeness (QED) is 0.827. The smallest absolute Gasteiger partial charge is 0.410 e. The van der Waals surface area contributed by atoms with Crippen LogP contribution in [0.5, 0.6) is 5.75 Å². The highest BCUT2D eigenvalue weighted by Gasteiger charge is 2.17. The molecule has 1 aliphatic rings. The number of amides is 1. The van der Waals surface area contributed by atoms with Gasteiger partial charge in [0.15, 0.2) is 0 Å². The Kier molecular flexibility index (Phi) is 4.20. The number of ether oxygens (including phenoxy) is 1. The van der Waals surface area contributed by atoms with E-state index in [-0.39, 0.29) is 6.09 Å². The van der Waals surface area contributed by atoms with Crippen molar-refractivity contribution in [2.75, 3.05) is 26.2 Å². The zero-order chi connectivity index (χ0) is 13.0. The Morgan fingerprint density at radius 1 is 1.28 bits per heavy atom. The first-order valence-corrected chi connectivity index (χ1v) is 6.41.